The number of rotatable bonds is 3. The average Bonchev–Trinajstić information content (AvgIpc) is 2.85. The van der Waals surface area contributed by atoms with E-state index in [1.807, 2.05) is 4.90 Å². The number of carboxylic acid groups (broad SMARTS) is 1. The van der Waals surface area contributed by atoms with Crippen molar-refractivity contribution in [3.05, 3.63) is 47.2 Å². The van der Waals surface area contributed by atoms with Gasteiger partial charge in [-0.2, -0.15) is 0 Å². The molecular formula is C13H10FN3O3. The molecule has 6 nitrogen and oxygen atoms in total. The number of aromatic nitrogens is 1. The van der Waals surface area contributed by atoms with E-state index in [4.69, 9.17) is 9.52 Å². The molecule has 7 heteroatoms. The summed E-state index contributed by atoms with van der Waals surface area (Å²) in [6, 6.07) is 6.15. The predicted octanol–water partition coefficient (Wildman–Crippen LogP) is 2.19. The highest BCUT2D eigenvalue weighted by Crippen LogP contribution is 2.25. The van der Waals surface area contributed by atoms with E-state index in [0.29, 0.717) is 18.8 Å². The van der Waals surface area contributed by atoms with Crippen LogP contribution in [0.3, 0.4) is 0 Å². The van der Waals surface area contributed by atoms with Crippen LogP contribution in [0.1, 0.15) is 21.9 Å². The largest absolute Gasteiger partial charge is 0.474 e. The van der Waals surface area contributed by atoms with E-state index in [1.165, 1.54) is 12.1 Å². The Bertz CT molecular complexity index is 679. The SMILES string of the molecule is O=C(O)c1nc2c(o1)N=CN(Cc1ccc(F)cc1)C2. The molecule has 0 spiro atoms. The lowest BCUT2D eigenvalue weighted by Gasteiger charge is -2.20. The first-order valence-electron chi connectivity index (χ1n) is 5.87. The zero-order valence-corrected chi connectivity index (χ0v) is 10.3. The molecule has 1 aromatic heterocycles. The molecule has 0 unspecified atom stereocenters. The van der Waals surface area contributed by atoms with Gasteiger partial charge in [0.05, 0.1) is 12.9 Å². The molecule has 2 aromatic rings. The molecule has 0 fully saturated rings. The van der Waals surface area contributed by atoms with Crippen LogP contribution in [0.5, 0.6) is 0 Å². The van der Waals surface area contributed by atoms with Crippen molar-refractivity contribution in [3.8, 4) is 0 Å². The lowest BCUT2D eigenvalue weighted by molar-refractivity contribution is 0.0654. The van der Waals surface area contributed by atoms with Crippen molar-refractivity contribution in [1.82, 2.24) is 9.88 Å². The lowest BCUT2D eigenvalue weighted by atomic mass is 10.2. The van der Waals surface area contributed by atoms with Crippen LogP contribution in [0.2, 0.25) is 0 Å². The summed E-state index contributed by atoms with van der Waals surface area (Å²) >= 11 is 0. The monoisotopic (exact) mass is 275 g/mol. The third-order valence-corrected chi connectivity index (χ3v) is 2.85. The molecule has 20 heavy (non-hydrogen) atoms. The second kappa shape index (κ2) is 4.76. The molecule has 3 rings (SSSR count). The lowest BCUT2D eigenvalue weighted by Crippen LogP contribution is -2.23. The van der Waals surface area contributed by atoms with Gasteiger partial charge in [0.1, 0.15) is 11.5 Å². The van der Waals surface area contributed by atoms with Crippen LogP contribution in [0, 0.1) is 5.82 Å². The van der Waals surface area contributed by atoms with Gasteiger partial charge in [-0.3, -0.25) is 0 Å². The quantitative estimate of drug-likeness (QED) is 0.928. The number of carboxylic acids is 1. The Morgan fingerprint density at radius 3 is 2.85 bits per heavy atom. The highest BCUT2D eigenvalue weighted by molar-refractivity contribution is 5.83. The molecule has 0 saturated carbocycles. The second-order valence-electron chi connectivity index (χ2n) is 4.35. The Hall–Kier alpha value is -2.70. The molecule has 0 aliphatic carbocycles. The molecular weight excluding hydrogens is 265 g/mol. The van der Waals surface area contributed by atoms with Crippen LogP contribution in [0.4, 0.5) is 10.3 Å². The smallest absolute Gasteiger partial charge is 0.392 e. The van der Waals surface area contributed by atoms with E-state index < -0.39 is 5.97 Å². The van der Waals surface area contributed by atoms with Gasteiger partial charge in [-0.25, -0.2) is 19.2 Å². The maximum atomic E-state index is 12.8. The first kappa shape index (κ1) is 12.3. The first-order chi connectivity index (χ1) is 9.61. The van der Waals surface area contributed by atoms with Gasteiger partial charge in [-0.05, 0) is 17.7 Å². The molecule has 0 radical (unpaired) electrons. The van der Waals surface area contributed by atoms with Crippen LogP contribution >= 0.6 is 0 Å². The Labute approximate surface area is 113 Å². The fourth-order valence-corrected chi connectivity index (χ4v) is 1.93. The third kappa shape index (κ3) is 2.37. The van der Waals surface area contributed by atoms with E-state index in [2.05, 4.69) is 9.98 Å². The van der Waals surface area contributed by atoms with Crippen LogP contribution in [0.15, 0.2) is 33.7 Å². The van der Waals surface area contributed by atoms with E-state index >= 15 is 0 Å². The summed E-state index contributed by atoms with van der Waals surface area (Å²) < 4.78 is 17.8. The molecule has 0 saturated heterocycles. The maximum Gasteiger partial charge on any atom is 0.392 e. The molecule has 1 aliphatic rings. The number of halogens is 1. The Balaban J connectivity index is 1.75. The number of fused-ring (bicyclic) bond motifs is 1. The highest BCUT2D eigenvalue weighted by Gasteiger charge is 2.22. The van der Waals surface area contributed by atoms with Crippen molar-refractivity contribution >= 4 is 18.2 Å². The van der Waals surface area contributed by atoms with Crippen LogP contribution in [-0.2, 0) is 13.1 Å². The van der Waals surface area contributed by atoms with E-state index in [-0.39, 0.29) is 17.6 Å². The van der Waals surface area contributed by atoms with Gasteiger partial charge in [0.15, 0.2) is 0 Å². The van der Waals surface area contributed by atoms with Crippen molar-refractivity contribution in [3.63, 3.8) is 0 Å². The minimum Gasteiger partial charge on any atom is -0.474 e. The van der Waals surface area contributed by atoms with Gasteiger partial charge in [0, 0.05) is 6.54 Å². The number of hydrogen-bond acceptors (Lipinski definition) is 5. The summed E-state index contributed by atoms with van der Waals surface area (Å²) in [5, 5.41) is 8.80. The normalized spacial score (nSPS) is 13.3. The standard InChI is InChI=1S/C13H10FN3O3/c14-9-3-1-8(2-4-9)5-17-6-10-11(15-7-17)20-12(16-10)13(18)19/h1-4,7H,5-6H2,(H,18,19). The number of aliphatic imine (C=N–C) groups is 1. The summed E-state index contributed by atoms with van der Waals surface area (Å²) in [4.78, 5) is 20.5. The molecule has 0 bridgehead atoms. The number of oxazole rings is 1. The van der Waals surface area contributed by atoms with Crippen LogP contribution in [-0.4, -0.2) is 27.3 Å². The number of carbonyl (C=O) groups is 1. The number of benzene rings is 1. The van der Waals surface area contributed by atoms with E-state index in [9.17, 15) is 9.18 Å². The molecule has 102 valence electrons. The van der Waals surface area contributed by atoms with E-state index in [0.717, 1.165) is 5.56 Å². The molecule has 1 aromatic carbocycles. The molecule has 2 heterocycles. The summed E-state index contributed by atoms with van der Waals surface area (Å²) in [5.74, 6) is -1.65. The van der Waals surface area contributed by atoms with Gasteiger partial charge in [-0.1, -0.05) is 12.1 Å². The van der Waals surface area contributed by atoms with Crippen molar-refractivity contribution in [1.29, 1.82) is 0 Å². The summed E-state index contributed by atoms with van der Waals surface area (Å²) in [6.45, 7) is 0.922. The van der Waals surface area contributed by atoms with Crippen LogP contribution < -0.4 is 0 Å². The fraction of sp³-hybridized carbons (Fsp3) is 0.154. The molecule has 0 amide bonds. The molecule has 1 aliphatic heterocycles. The van der Waals surface area contributed by atoms with Gasteiger partial charge in [0.2, 0.25) is 5.88 Å². The minimum absolute atomic E-state index is 0.220. The van der Waals surface area contributed by atoms with Crippen LogP contribution in [0.25, 0.3) is 0 Å². The van der Waals surface area contributed by atoms with Crippen molar-refractivity contribution in [2.75, 3.05) is 0 Å². The zero-order chi connectivity index (χ0) is 14.1. The number of hydrogen-bond donors (Lipinski definition) is 1. The fourth-order valence-electron chi connectivity index (χ4n) is 1.93. The Kier molecular flexibility index (Phi) is 2.94. The van der Waals surface area contributed by atoms with Gasteiger partial charge < -0.3 is 14.4 Å². The van der Waals surface area contributed by atoms with Crippen molar-refractivity contribution in [2.45, 2.75) is 13.1 Å². The minimum atomic E-state index is -1.22. The maximum absolute atomic E-state index is 12.8. The third-order valence-electron chi connectivity index (χ3n) is 2.85. The molecule has 0 atom stereocenters. The average molecular weight is 275 g/mol. The zero-order valence-electron chi connectivity index (χ0n) is 10.3. The van der Waals surface area contributed by atoms with Gasteiger partial charge in [-0.15, -0.1) is 0 Å². The van der Waals surface area contributed by atoms with Crippen molar-refractivity contribution < 1.29 is 18.7 Å². The Morgan fingerprint density at radius 2 is 2.15 bits per heavy atom. The first-order valence-corrected chi connectivity index (χ1v) is 5.87. The highest BCUT2D eigenvalue weighted by atomic mass is 19.1. The van der Waals surface area contributed by atoms with Gasteiger partial charge >= 0.3 is 11.9 Å². The van der Waals surface area contributed by atoms with Crippen molar-refractivity contribution in [2.24, 2.45) is 4.99 Å². The topological polar surface area (TPSA) is 78.9 Å². The summed E-state index contributed by atoms with van der Waals surface area (Å²) in [5.41, 5.74) is 1.40. The summed E-state index contributed by atoms with van der Waals surface area (Å²) in [6.07, 6.45) is 1.56. The van der Waals surface area contributed by atoms with Gasteiger partial charge in [0.25, 0.3) is 0 Å². The van der Waals surface area contributed by atoms with E-state index in [1.54, 1.807) is 18.5 Å². The number of aromatic carboxylic acids is 1. The Morgan fingerprint density at radius 1 is 1.40 bits per heavy atom. The second-order valence-corrected chi connectivity index (χ2v) is 4.35. The predicted molar refractivity (Wildman–Crippen MR) is 67.3 cm³/mol. The summed E-state index contributed by atoms with van der Waals surface area (Å²) in [7, 11) is 0. The molecule has 1 N–H and O–H groups in total. The number of nitrogens with zero attached hydrogens (tertiary/aromatic N) is 3.